The summed E-state index contributed by atoms with van der Waals surface area (Å²) in [6.45, 7) is 6.70. The Hall–Kier alpha value is -0.710. The summed E-state index contributed by atoms with van der Waals surface area (Å²) >= 11 is 1.90. The van der Waals surface area contributed by atoms with Gasteiger partial charge in [-0.05, 0) is 44.1 Å². The summed E-state index contributed by atoms with van der Waals surface area (Å²) in [4.78, 5) is 27.6. The lowest BCUT2D eigenvalue weighted by Gasteiger charge is -2.50. The van der Waals surface area contributed by atoms with E-state index in [4.69, 9.17) is 0 Å². The summed E-state index contributed by atoms with van der Waals surface area (Å²) in [5.74, 6) is 2.35. The molecule has 1 aliphatic heterocycles. The zero-order valence-corrected chi connectivity index (χ0v) is 14.4. The number of nitrogens with one attached hydrogen (secondary N) is 1. The molecule has 120 valence electrons. The van der Waals surface area contributed by atoms with E-state index in [1.54, 1.807) is 0 Å². The lowest BCUT2D eigenvalue weighted by molar-refractivity contribution is -0.162. The van der Waals surface area contributed by atoms with Gasteiger partial charge in [-0.1, -0.05) is 26.7 Å². The highest BCUT2D eigenvalue weighted by Crippen LogP contribution is 2.40. The number of hydrogen-bond acceptors (Lipinski definition) is 3. The first-order valence-corrected chi connectivity index (χ1v) is 9.38. The van der Waals surface area contributed by atoms with Crippen LogP contribution >= 0.6 is 11.8 Å². The molecule has 2 fully saturated rings. The number of carbonyl (C=O) groups excluding carboxylic acids is 2. The Morgan fingerprint density at radius 1 is 1.24 bits per heavy atom. The predicted octanol–water partition coefficient (Wildman–Crippen LogP) is 2.57. The van der Waals surface area contributed by atoms with E-state index in [1.165, 1.54) is 0 Å². The van der Waals surface area contributed by atoms with Crippen molar-refractivity contribution >= 4 is 23.6 Å². The molecule has 0 aromatic rings. The van der Waals surface area contributed by atoms with Crippen LogP contribution in [0.4, 0.5) is 0 Å². The lowest BCUT2D eigenvalue weighted by atomic mass is 9.83. The Morgan fingerprint density at radius 2 is 1.90 bits per heavy atom. The van der Waals surface area contributed by atoms with Crippen LogP contribution in [0.2, 0.25) is 0 Å². The number of carbonyl (C=O) groups is 2. The Bertz CT molecular complexity index is 407. The van der Waals surface area contributed by atoms with Gasteiger partial charge in [0.25, 0.3) is 0 Å². The summed E-state index contributed by atoms with van der Waals surface area (Å²) in [6.07, 6.45) is 5.36. The molecule has 4 nitrogen and oxygen atoms in total. The lowest BCUT2D eigenvalue weighted by Crippen LogP contribution is -2.74. The monoisotopic (exact) mass is 312 g/mol. The molecule has 1 saturated heterocycles. The van der Waals surface area contributed by atoms with Crippen molar-refractivity contribution in [3.8, 4) is 0 Å². The smallest absolute Gasteiger partial charge is 0.248 e. The fraction of sp³-hybridized carbons (Fsp3) is 0.875. The van der Waals surface area contributed by atoms with E-state index in [-0.39, 0.29) is 11.8 Å². The molecule has 1 N–H and O–H groups in total. The minimum absolute atomic E-state index is 0.0760. The Balaban J connectivity index is 2.19. The standard InChI is InChI=1S/C16H28N2O2S/c1-4-15(3)14(20)18(11-8-12-21-5-2)16(13(19)17-15)9-6-7-10-16/h4-12H2,1-3H3,(H,17,19). The molecule has 1 heterocycles. The van der Waals surface area contributed by atoms with Crippen LogP contribution in [-0.2, 0) is 9.59 Å². The molecule has 5 heteroatoms. The van der Waals surface area contributed by atoms with Crippen molar-refractivity contribution in [2.45, 2.75) is 70.4 Å². The summed E-state index contributed by atoms with van der Waals surface area (Å²) < 4.78 is 0. The maximum Gasteiger partial charge on any atom is 0.248 e. The van der Waals surface area contributed by atoms with Gasteiger partial charge in [-0.3, -0.25) is 9.59 Å². The van der Waals surface area contributed by atoms with Crippen LogP contribution in [0.1, 0.15) is 59.3 Å². The predicted molar refractivity (Wildman–Crippen MR) is 87.4 cm³/mol. The van der Waals surface area contributed by atoms with E-state index >= 15 is 0 Å². The Morgan fingerprint density at radius 3 is 2.48 bits per heavy atom. The molecule has 1 atom stereocenters. The number of piperazine rings is 1. The van der Waals surface area contributed by atoms with E-state index in [2.05, 4.69) is 12.2 Å². The fourth-order valence-corrected chi connectivity index (χ4v) is 4.14. The molecule has 0 radical (unpaired) electrons. The van der Waals surface area contributed by atoms with Gasteiger partial charge in [0.1, 0.15) is 11.1 Å². The van der Waals surface area contributed by atoms with Gasteiger partial charge in [-0.2, -0.15) is 11.8 Å². The van der Waals surface area contributed by atoms with Gasteiger partial charge in [0.2, 0.25) is 11.8 Å². The normalized spacial score (nSPS) is 28.2. The Labute approximate surface area is 132 Å². The summed E-state index contributed by atoms with van der Waals surface area (Å²) in [7, 11) is 0. The van der Waals surface area contributed by atoms with E-state index in [1.807, 2.05) is 30.5 Å². The van der Waals surface area contributed by atoms with E-state index in [9.17, 15) is 9.59 Å². The van der Waals surface area contributed by atoms with Crippen molar-refractivity contribution in [2.75, 3.05) is 18.1 Å². The minimum Gasteiger partial charge on any atom is -0.340 e. The highest BCUT2D eigenvalue weighted by atomic mass is 32.2. The topological polar surface area (TPSA) is 49.4 Å². The minimum atomic E-state index is -0.719. The summed E-state index contributed by atoms with van der Waals surface area (Å²) in [6, 6.07) is 0. The van der Waals surface area contributed by atoms with E-state index in [0.29, 0.717) is 6.42 Å². The first-order chi connectivity index (χ1) is 10.00. The van der Waals surface area contributed by atoms with Gasteiger partial charge in [-0.25, -0.2) is 0 Å². The maximum atomic E-state index is 13.0. The van der Waals surface area contributed by atoms with Crippen LogP contribution in [0.5, 0.6) is 0 Å². The second-order valence-corrected chi connectivity index (χ2v) is 7.78. The van der Waals surface area contributed by atoms with Crippen LogP contribution in [0.25, 0.3) is 0 Å². The molecular formula is C16H28N2O2S. The van der Waals surface area contributed by atoms with Crippen LogP contribution < -0.4 is 5.32 Å². The molecule has 1 unspecified atom stereocenters. The average molecular weight is 312 g/mol. The first-order valence-electron chi connectivity index (χ1n) is 8.22. The van der Waals surface area contributed by atoms with Crippen LogP contribution in [0.3, 0.4) is 0 Å². The van der Waals surface area contributed by atoms with Crippen LogP contribution in [0.15, 0.2) is 0 Å². The van der Waals surface area contributed by atoms with Crippen LogP contribution in [-0.4, -0.2) is 45.8 Å². The third-order valence-electron chi connectivity index (χ3n) is 5.06. The fourth-order valence-electron chi connectivity index (χ4n) is 3.52. The quantitative estimate of drug-likeness (QED) is 0.767. The van der Waals surface area contributed by atoms with Gasteiger partial charge >= 0.3 is 0 Å². The molecule has 0 aromatic carbocycles. The molecule has 1 spiro atoms. The van der Waals surface area contributed by atoms with E-state index in [0.717, 1.165) is 50.2 Å². The maximum absolute atomic E-state index is 13.0. The SMILES string of the molecule is CCSCCCN1C(=O)C(C)(CC)NC(=O)C12CCCC2. The van der Waals surface area contributed by atoms with Crippen molar-refractivity contribution in [2.24, 2.45) is 0 Å². The van der Waals surface area contributed by atoms with Crippen molar-refractivity contribution < 1.29 is 9.59 Å². The number of thioether (sulfide) groups is 1. The molecule has 0 aromatic heterocycles. The molecule has 1 saturated carbocycles. The Kier molecular flexibility index (Phi) is 5.23. The van der Waals surface area contributed by atoms with Crippen molar-refractivity contribution in [3.05, 3.63) is 0 Å². The molecule has 21 heavy (non-hydrogen) atoms. The van der Waals surface area contributed by atoms with Gasteiger partial charge in [-0.15, -0.1) is 0 Å². The van der Waals surface area contributed by atoms with Crippen molar-refractivity contribution in [1.29, 1.82) is 0 Å². The van der Waals surface area contributed by atoms with Crippen molar-refractivity contribution in [1.82, 2.24) is 10.2 Å². The summed E-state index contributed by atoms with van der Waals surface area (Å²) in [5, 5.41) is 3.02. The average Bonchev–Trinajstić information content (AvgIpc) is 2.95. The number of hydrogen-bond donors (Lipinski definition) is 1. The summed E-state index contributed by atoms with van der Waals surface area (Å²) in [5.41, 5.74) is -1.27. The zero-order chi connectivity index (χ0) is 15.5. The van der Waals surface area contributed by atoms with Crippen molar-refractivity contribution in [3.63, 3.8) is 0 Å². The van der Waals surface area contributed by atoms with Gasteiger partial charge < -0.3 is 10.2 Å². The number of rotatable bonds is 6. The highest BCUT2D eigenvalue weighted by molar-refractivity contribution is 7.99. The molecule has 0 bridgehead atoms. The molecule has 1 aliphatic carbocycles. The molecule has 2 aliphatic rings. The van der Waals surface area contributed by atoms with Gasteiger partial charge in [0, 0.05) is 6.54 Å². The highest BCUT2D eigenvalue weighted by Gasteiger charge is 2.56. The number of nitrogens with zero attached hydrogens (tertiary/aromatic N) is 1. The zero-order valence-electron chi connectivity index (χ0n) is 13.5. The van der Waals surface area contributed by atoms with Gasteiger partial charge in [0.05, 0.1) is 0 Å². The first kappa shape index (κ1) is 16.7. The largest absolute Gasteiger partial charge is 0.340 e. The molecule has 2 rings (SSSR count). The second kappa shape index (κ2) is 6.59. The third kappa shape index (κ3) is 2.94. The van der Waals surface area contributed by atoms with E-state index < -0.39 is 11.1 Å². The number of amides is 2. The molecule has 2 amide bonds. The molecular weight excluding hydrogens is 284 g/mol. The van der Waals surface area contributed by atoms with Gasteiger partial charge in [0.15, 0.2) is 0 Å². The third-order valence-corrected chi connectivity index (χ3v) is 6.04. The second-order valence-electron chi connectivity index (χ2n) is 6.39. The van der Waals surface area contributed by atoms with Crippen LogP contribution in [0, 0.1) is 0 Å².